The number of ether oxygens (including phenoxy) is 2. The summed E-state index contributed by atoms with van der Waals surface area (Å²) >= 11 is 0. The van der Waals surface area contributed by atoms with Gasteiger partial charge in [-0.05, 0) is 23.8 Å². The molecule has 0 atom stereocenters. The van der Waals surface area contributed by atoms with Crippen molar-refractivity contribution < 1.29 is 24.2 Å². The van der Waals surface area contributed by atoms with Crippen LogP contribution in [0.4, 0.5) is 4.79 Å². The Morgan fingerprint density at radius 1 is 1.22 bits per heavy atom. The minimum Gasteiger partial charge on any atom is -0.486 e. The molecule has 7 nitrogen and oxygen atoms in total. The molecule has 0 saturated carbocycles. The zero-order chi connectivity index (χ0) is 19.0. The maximum absolute atomic E-state index is 12.8. The van der Waals surface area contributed by atoms with E-state index >= 15 is 0 Å². The molecule has 1 fully saturated rings. The number of aromatic nitrogens is 1. The number of benzene rings is 1. The van der Waals surface area contributed by atoms with Crippen LogP contribution in [0.5, 0.6) is 11.6 Å². The molecule has 1 aromatic carbocycles. The lowest BCUT2D eigenvalue weighted by Gasteiger charge is -2.43. The van der Waals surface area contributed by atoms with E-state index in [4.69, 9.17) is 14.6 Å². The minimum atomic E-state index is -0.926. The highest BCUT2D eigenvalue weighted by Gasteiger charge is 2.43. The molecular weight excluding hydrogens is 348 g/mol. The Morgan fingerprint density at radius 2 is 1.96 bits per heavy atom. The summed E-state index contributed by atoms with van der Waals surface area (Å²) in [6.07, 6.45) is 2.10. The second-order valence-electron chi connectivity index (χ2n) is 6.95. The van der Waals surface area contributed by atoms with Crippen molar-refractivity contribution in [2.75, 3.05) is 20.2 Å². The molecule has 3 heterocycles. The highest BCUT2D eigenvalue weighted by molar-refractivity contribution is 6.01. The number of fused-ring (bicyclic) bond motifs is 1. The van der Waals surface area contributed by atoms with Crippen LogP contribution in [0.1, 0.15) is 29.6 Å². The van der Waals surface area contributed by atoms with Gasteiger partial charge in [-0.15, -0.1) is 0 Å². The van der Waals surface area contributed by atoms with Gasteiger partial charge in [0.15, 0.2) is 5.78 Å². The highest BCUT2D eigenvalue weighted by atomic mass is 16.5. The number of rotatable bonds is 2. The van der Waals surface area contributed by atoms with E-state index in [9.17, 15) is 9.59 Å². The molecule has 0 unspecified atom stereocenters. The number of nitrogens with zero attached hydrogens (tertiary/aromatic N) is 2. The molecule has 2 aromatic rings. The number of ketones is 1. The number of amides is 1. The van der Waals surface area contributed by atoms with E-state index in [1.165, 1.54) is 4.90 Å². The van der Waals surface area contributed by atoms with Crippen LogP contribution in [0.2, 0.25) is 0 Å². The molecule has 0 aliphatic carbocycles. The molecule has 1 saturated heterocycles. The molecule has 140 valence electrons. The predicted octanol–water partition coefficient (Wildman–Crippen LogP) is 3.24. The number of hydrogen-bond donors (Lipinski definition) is 1. The van der Waals surface area contributed by atoms with Gasteiger partial charge in [-0.3, -0.25) is 4.79 Å². The molecule has 1 N–H and O–H groups in total. The van der Waals surface area contributed by atoms with Crippen molar-refractivity contribution in [3.05, 3.63) is 42.1 Å². The standard InChI is InChI=1S/C20H20N2O5/c1-26-18-5-3-14(12-21-18)13-2-4-17-15(10-13)16(23)11-20(27-17)6-8-22(9-7-20)19(24)25/h2-5,10,12H,6-9,11H2,1H3,(H,24,25). The Balaban J connectivity index is 1.58. The number of piperidine rings is 1. The fraction of sp³-hybridized carbons (Fsp3) is 0.350. The number of methoxy groups -OCH3 is 1. The van der Waals surface area contributed by atoms with Gasteiger partial charge in [0.25, 0.3) is 0 Å². The first-order chi connectivity index (χ1) is 13.0. The van der Waals surface area contributed by atoms with Crippen molar-refractivity contribution in [3.8, 4) is 22.8 Å². The summed E-state index contributed by atoms with van der Waals surface area (Å²) in [6.45, 7) is 0.765. The average Bonchev–Trinajstić information content (AvgIpc) is 2.68. The van der Waals surface area contributed by atoms with Crippen LogP contribution >= 0.6 is 0 Å². The Labute approximate surface area is 156 Å². The van der Waals surface area contributed by atoms with Crippen LogP contribution in [-0.4, -0.2) is 52.7 Å². The van der Waals surface area contributed by atoms with E-state index in [2.05, 4.69) is 4.98 Å². The summed E-state index contributed by atoms with van der Waals surface area (Å²) in [5.41, 5.74) is 1.74. The number of pyridine rings is 1. The first kappa shape index (κ1) is 17.3. The first-order valence-corrected chi connectivity index (χ1v) is 8.84. The summed E-state index contributed by atoms with van der Waals surface area (Å²) in [4.78, 5) is 29.5. The number of carbonyl (C=O) groups excluding carboxylic acids is 1. The lowest BCUT2D eigenvalue weighted by Crippen LogP contribution is -2.52. The maximum Gasteiger partial charge on any atom is 0.407 e. The van der Waals surface area contributed by atoms with Crippen LogP contribution in [0.3, 0.4) is 0 Å². The van der Waals surface area contributed by atoms with Crippen LogP contribution in [0.25, 0.3) is 11.1 Å². The second kappa shape index (κ2) is 6.57. The number of Topliss-reactive ketones (excluding diaryl/α,β-unsaturated/α-hetero) is 1. The van der Waals surface area contributed by atoms with Gasteiger partial charge >= 0.3 is 6.09 Å². The van der Waals surface area contributed by atoms with E-state index in [1.807, 2.05) is 24.3 Å². The van der Waals surface area contributed by atoms with E-state index in [0.717, 1.165) is 11.1 Å². The van der Waals surface area contributed by atoms with Crippen LogP contribution < -0.4 is 9.47 Å². The fourth-order valence-corrected chi connectivity index (χ4v) is 3.73. The van der Waals surface area contributed by atoms with E-state index < -0.39 is 11.7 Å². The SMILES string of the molecule is COc1ccc(-c2ccc3c(c2)C(=O)CC2(CCN(C(=O)O)CC2)O3)cn1. The smallest absolute Gasteiger partial charge is 0.407 e. The van der Waals surface area contributed by atoms with Crippen LogP contribution in [0.15, 0.2) is 36.5 Å². The van der Waals surface area contributed by atoms with E-state index in [-0.39, 0.29) is 12.2 Å². The monoisotopic (exact) mass is 368 g/mol. The third kappa shape index (κ3) is 3.20. The summed E-state index contributed by atoms with van der Waals surface area (Å²) in [7, 11) is 1.56. The van der Waals surface area contributed by atoms with Crippen molar-refractivity contribution in [3.63, 3.8) is 0 Å². The normalized spacial score (nSPS) is 18.0. The van der Waals surface area contributed by atoms with Crippen LogP contribution in [0, 0.1) is 0 Å². The van der Waals surface area contributed by atoms with Gasteiger partial charge in [-0.25, -0.2) is 9.78 Å². The molecule has 0 radical (unpaired) electrons. The molecule has 2 aliphatic heterocycles. The van der Waals surface area contributed by atoms with Crippen molar-refractivity contribution in [1.82, 2.24) is 9.88 Å². The molecular formula is C20H20N2O5. The van der Waals surface area contributed by atoms with Gasteiger partial charge in [0.05, 0.1) is 19.1 Å². The van der Waals surface area contributed by atoms with Gasteiger partial charge < -0.3 is 19.5 Å². The number of hydrogen-bond acceptors (Lipinski definition) is 5. The lowest BCUT2D eigenvalue weighted by atomic mass is 9.82. The Morgan fingerprint density at radius 3 is 2.59 bits per heavy atom. The van der Waals surface area contributed by atoms with Crippen LogP contribution in [-0.2, 0) is 0 Å². The summed E-state index contributed by atoms with van der Waals surface area (Å²) in [6, 6.07) is 9.22. The third-order valence-electron chi connectivity index (χ3n) is 5.31. The van der Waals surface area contributed by atoms with Crippen molar-refractivity contribution >= 4 is 11.9 Å². The Hall–Kier alpha value is -3.09. The second-order valence-corrected chi connectivity index (χ2v) is 6.95. The van der Waals surface area contributed by atoms with Gasteiger partial charge in [0.1, 0.15) is 11.4 Å². The Kier molecular flexibility index (Phi) is 4.22. The molecule has 1 aromatic heterocycles. The van der Waals surface area contributed by atoms with Crippen molar-refractivity contribution in [2.24, 2.45) is 0 Å². The molecule has 27 heavy (non-hydrogen) atoms. The predicted molar refractivity (Wildman–Crippen MR) is 97.4 cm³/mol. The fourth-order valence-electron chi connectivity index (χ4n) is 3.73. The molecule has 2 aliphatic rings. The lowest BCUT2D eigenvalue weighted by molar-refractivity contribution is -0.00518. The molecule has 1 spiro atoms. The minimum absolute atomic E-state index is 0.0309. The van der Waals surface area contributed by atoms with Gasteiger partial charge in [-0.1, -0.05) is 6.07 Å². The number of carbonyl (C=O) groups is 2. The third-order valence-corrected chi connectivity index (χ3v) is 5.31. The molecule has 7 heteroatoms. The Bertz CT molecular complexity index is 886. The maximum atomic E-state index is 12.8. The van der Waals surface area contributed by atoms with Crippen molar-refractivity contribution in [2.45, 2.75) is 24.9 Å². The highest BCUT2D eigenvalue weighted by Crippen LogP contribution is 2.40. The van der Waals surface area contributed by atoms with Gasteiger partial charge in [0.2, 0.25) is 5.88 Å². The average molecular weight is 368 g/mol. The van der Waals surface area contributed by atoms with Gasteiger partial charge in [0, 0.05) is 43.8 Å². The number of carboxylic acid groups (broad SMARTS) is 1. The van der Waals surface area contributed by atoms with E-state index in [1.54, 1.807) is 19.4 Å². The largest absolute Gasteiger partial charge is 0.486 e. The summed E-state index contributed by atoms with van der Waals surface area (Å²) < 4.78 is 11.3. The molecule has 1 amide bonds. The zero-order valence-electron chi connectivity index (χ0n) is 15.0. The quantitative estimate of drug-likeness (QED) is 0.875. The summed E-state index contributed by atoms with van der Waals surface area (Å²) in [5, 5.41) is 9.11. The summed E-state index contributed by atoms with van der Waals surface area (Å²) in [5.74, 6) is 1.13. The van der Waals surface area contributed by atoms with E-state index in [0.29, 0.717) is 43.1 Å². The number of likely N-dealkylation sites (tertiary alicyclic amines) is 1. The molecule has 4 rings (SSSR count). The first-order valence-electron chi connectivity index (χ1n) is 8.84. The topological polar surface area (TPSA) is 89.0 Å². The zero-order valence-corrected chi connectivity index (χ0v) is 15.0. The molecule has 0 bridgehead atoms. The van der Waals surface area contributed by atoms with Gasteiger partial charge in [-0.2, -0.15) is 0 Å². The van der Waals surface area contributed by atoms with Crippen molar-refractivity contribution in [1.29, 1.82) is 0 Å².